The number of unbranched alkanes of at least 4 members (excludes halogenated alkanes) is 1. The van der Waals surface area contributed by atoms with Gasteiger partial charge in [0.15, 0.2) is 5.82 Å². The molecule has 0 fully saturated rings. The topological polar surface area (TPSA) is 162 Å². The molecule has 21 heavy (non-hydrogen) atoms. The van der Waals surface area contributed by atoms with Crippen LogP contribution in [0.25, 0.3) is 0 Å². The number of nitroso groups, excluding NO2 is 1. The summed E-state index contributed by atoms with van der Waals surface area (Å²) in [5, 5.41) is 2.49. The first-order valence-corrected chi connectivity index (χ1v) is 8.11. The van der Waals surface area contributed by atoms with Crippen molar-refractivity contribution in [3.8, 4) is 0 Å². The number of H-pyrrole nitrogens is 1. The molecule has 0 unspecified atom stereocenters. The lowest BCUT2D eigenvalue weighted by Gasteiger charge is -2.23. The second kappa shape index (κ2) is 7.30. The van der Waals surface area contributed by atoms with E-state index in [4.69, 9.17) is 15.5 Å². The lowest BCUT2D eigenvalue weighted by molar-refractivity contribution is 0.373. The number of aromatic nitrogens is 2. The number of nitrogens with zero attached hydrogens (tertiary/aromatic N) is 3. The van der Waals surface area contributed by atoms with Crippen LogP contribution in [0.15, 0.2) is 9.97 Å². The maximum atomic E-state index is 11.6. The molecule has 0 spiro atoms. The van der Waals surface area contributed by atoms with E-state index in [1.807, 2.05) is 6.92 Å². The van der Waals surface area contributed by atoms with Crippen LogP contribution < -0.4 is 16.2 Å². The molecular weight excluding hydrogens is 301 g/mol. The zero-order chi connectivity index (χ0) is 16.0. The highest BCUT2D eigenvalue weighted by Crippen LogP contribution is 2.34. The number of anilines is 2. The largest absolute Gasteiger partial charge is 0.382 e. The maximum Gasteiger partial charge on any atom is 0.327 e. The summed E-state index contributed by atoms with van der Waals surface area (Å²) in [6.07, 6.45) is 1.20. The van der Waals surface area contributed by atoms with E-state index in [2.05, 4.69) is 15.1 Å². The molecule has 1 rings (SSSR count). The Bertz CT molecular complexity index is 598. The first-order chi connectivity index (χ1) is 9.78. The molecule has 10 nitrogen and oxygen atoms in total. The fourth-order valence-corrected chi connectivity index (χ4v) is 2.14. The van der Waals surface area contributed by atoms with Crippen molar-refractivity contribution in [3.63, 3.8) is 0 Å². The van der Waals surface area contributed by atoms with Gasteiger partial charge in [-0.05, 0) is 11.6 Å². The molecule has 0 radical (unpaired) electrons. The first kappa shape index (κ1) is 17.3. The number of rotatable bonds is 8. The van der Waals surface area contributed by atoms with E-state index in [1.165, 1.54) is 4.90 Å². The highest BCUT2D eigenvalue weighted by molar-refractivity contribution is 7.51. The van der Waals surface area contributed by atoms with Gasteiger partial charge in [-0.15, -0.1) is 4.91 Å². The number of hydrogen-bond acceptors (Lipinski definition) is 7. The van der Waals surface area contributed by atoms with Crippen LogP contribution in [0.1, 0.15) is 19.8 Å². The molecule has 0 saturated heterocycles. The average Bonchev–Trinajstić information content (AvgIpc) is 2.37. The van der Waals surface area contributed by atoms with Crippen LogP contribution in [-0.2, 0) is 4.57 Å². The molecule has 0 amide bonds. The molecule has 0 aliphatic carbocycles. The molecule has 0 aromatic carbocycles. The summed E-state index contributed by atoms with van der Waals surface area (Å²) in [5.41, 5.74) is 4.18. The van der Waals surface area contributed by atoms with Crippen molar-refractivity contribution >= 4 is 25.0 Å². The lowest BCUT2D eigenvalue weighted by atomic mass is 10.3. The standard InChI is InChI=1S/C10H18N5O5P/c1-2-3-4-15(5-6-21(18,19)20)10-12-8(11)7(14-17)9(16)13-10/h2-6H2,1H3,(H2,18,19,20)(H3,11,12,13,16). The predicted molar refractivity (Wildman–Crippen MR) is 78.8 cm³/mol. The molecule has 0 aliphatic rings. The van der Waals surface area contributed by atoms with Crippen LogP contribution in [-0.4, -0.2) is 39.0 Å². The molecule has 0 atom stereocenters. The zero-order valence-electron chi connectivity index (χ0n) is 11.5. The van der Waals surface area contributed by atoms with Crippen molar-refractivity contribution < 1.29 is 14.4 Å². The molecule has 1 aromatic heterocycles. The average molecular weight is 319 g/mol. The summed E-state index contributed by atoms with van der Waals surface area (Å²) in [6, 6.07) is 0. The summed E-state index contributed by atoms with van der Waals surface area (Å²) in [6.45, 7) is 2.39. The molecule has 11 heteroatoms. The molecule has 0 aliphatic heterocycles. The third kappa shape index (κ3) is 5.25. The van der Waals surface area contributed by atoms with E-state index in [-0.39, 0.29) is 24.5 Å². The lowest BCUT2D eigenvalue weighted by Crippen LogP contribution is -2.31. The second-order valence-electron chi connectivity index (χ2n) is 4.44. The van der Waals surface area contributed by atoms with Crippen LogP contribution in [0.2, 0.25) is 0 Å². The number of nitrogen functional groups attached to an aromatic ring is 1. The number of nitrogens with two attached hydrogens (primary N) is 1. The summed E-state index contributed by atoms with van der Waals surface area (Å²) < 4.78 is 11.0. The summed E-state index contributed by atoms with van der Waals surface area (Å²) >= 11 is 0. The van der Waals surface area contributed by atoms with Crippen molar-refractivity contribution in [2.75, 3.05) is 29.9 Å². The minimum atomic E-state index is -4.17. The summed E-state index contributed by atoms with van der Waals surface area (Å²) in [5.74, 6) is -0.256. The molecule has 1 heterocycles. The van der Waals surface area contributed by atoms with Crippen molar-refractivity contribution in [1.82, 2.24) is 9.97 Å². The Morgan fingerprint density at radius 2 is 2.10 bits per heavy atom. The zero-order valence-corrected chi connectivity index (χ0v) is 12.4. The second-order valence-corrected chi connectivity index (χ2v) is 6.22. The van der Waals surface area contributed by atoms with Gasteiger partial charge >= 0.3 is 7.60 Å². The van der Waals surface area contributed by atoms with E-state index in [0.29, 0.717) is 6.54 Å². The van der Waals surface area contributed by atoms with Gasteiger partial charge in [0.1, 0.15) is 0 Å². The van der Waals surface area contributed by atoms with Gasteiger partial charge in [-0.2, -0.15) is 4.98 Å². The summed E-state index contributed by atoms with van der Waals surface area (Å²) in [7, 11) is -4.17. The highest BCUT2D eigenvalue weighted by atomic mass is 31.2. The quantitative estimate of drug-likeness (QED) is 0.398. The van der Waals surface area contributed by atoms with Gasteiger partial charge in [0.05, 0.1) is 6.16 Å². The fourth-order valence-electron chi connectivity index (χ4n) is 1.63. The highest BCUT2D eigenvalue weighted by Gasteiger charge is 2.19. The van der Waals surface area contributed by atoms with Gasteiger partial charge in [-0.25, -0.2) is 0 Å². The Morgan fingerprint density at radius 1 is 1.43 bits per heavy atom. The van der Waals surface area contributed by atoms with Crippen LogP contribution in [0.3, 0.4) is 0 Å². The number of hydrogen-bond donors (Lipinski definition) is 4. The molecule has 0 bridgehead atoms. The fraction of sp³-hybridized carbons (Fsp3) is 0.600. The Labute approximate surface area is 120 Å². The predicted octanol–water partition coefficient (Wildman–Crippen LogP) is 0.534. The molecule has 0 saturated carbocycles. The monoisotopic (exact) mass is 319 g/mol. The number of nitrogens with one attached hydrogen (secondary N) is 1. The van der Waals surface area contributed by atoms with E-state index in [1.54, 1.807) is 0 Å². The van der Waals surface area contributed by atoms with Crippen LogP contribution in [0.4, 0.5) is 17.5 Å². The third-order valence-corrected chi connectivity index (χ3v) is 3.53. The van der Waals surface area contributed by atoms with Crippen LogP contribution >= 0.6 is 7.60 Å². The Balaban J connectivity index is 3.05. The van der Waals surface area contributed by atoms with Crippen LogP contribution in [0, 0.1) is 4.91 Å². The van der Waals surface area contributed by atoms with Crippen molar-refractivity contribution in [2.24, 2.45) is 5.18 Å². The minimum Gasteiger partial charge on any atom is -0.382 e. The minimum absolute atomic E-state index is 0.000518. The van der Waals surface area contributed by atoms with E-state index in [0.717, 1.165) is 12.8 Å². The van der Waals surface area contributed by atoms with Crippen molar-refractivity contribution in [1.29, 1.82) is 0 Å². The van der Waals surface area contributed by atoms with Gasteiger partial charge in [0.25, 0.3) is 5.56 Å². The Morgan fingerprint density at radius 3 is 2.57 bits per heavy atom. The SMILES string of the molecule is CCCCN(CCP(=O)(O)O)c1nc(N)c(N=O)c(=O)[nH]1. The summed E-state index contributed by atoms with van der Waals surface area (Å²) in [4.78, 5) is 47.7. The van der Waals surface area contributed by atoms with Crippen molar-refractivity contribution in [2.45, 2.75) is 19.8 Å². The maximum absolute atomic E-state index is 11.6. The molecule has 118 valence electrons. The number of aromatic amines is 1. The van der Waals surface area contributed by atoms with Gasteiger partial charge < -0.3 is 20.4 Å². The van der Waals surface area contributed by atoms with E-state index < -0.39 is 18.8 Å². The van der Waals surface area contributed by atoms with Crippen LogP contribution in [0.5, 0.6) is 0 Å². The normalized spacial score (nSPS) is 11.4. The Hall–Kier alpha value is -1.77. The molecule has 1 aromatic rings. The first-order valence-electron chi connectivity index (χ1n) is 6.31. The third-order valence-electron chi connectivity index (χ3n) is 2.74. The molecule has 5 N–H and O–H groups in total. The van der Waals surface area contributed by atoms with E-state index in [9.17, 15) is 14.3 Å². The molecular formula is C10H18N5O5P. The van der Waals surface area contributed by atoms with Gasteiger partial charge in [-0.3, -0.25) is 14.3 Å². The van der Waals surface area contributed by atoms with Crippen molar-refractivity contribution in [3.05, 3.63) is 15.3 Å². The van der Waals surface area contributed by atoms with Gasteiger partial charge in [-0.1, -0.05) is 13.3 Å². The Kier molecular flexibility index (Phi) is 6.01. The van der Waals surface area contributed by atoms with Gasteiger partial charge in [0, 0.05) is 13.1 Å². The smallest absolute Gasteiger partial charge is 0.327 e. The van der Waals surface area contributed by atoms with E-state index >= 15 is 0 Å². The van der Waals surface area contributed by atoms with Gasteiger partial charge in [0.2, 0.25) is 11.6 Å².